The van der Waals surface area contributed by atoms with Crippen LogP contribution in [-0.4, -0.2) is 31.9 Å². The van der Waals surface area contributed by atoms with Gasteiger partial charge in [-0.15, -0.1) is 0 Å². The predicted molar refractivity (Wildman–Crippen MR) is 95.7 cm³/mol. The van der Waals surface area contributed by atoms with Gasteiger partial charge in [-0.25, -0.2) is 0 Å². The molecule has 0 aromatic heterocycles. The van der Waals surface area contributed by atoms with Crippen LogP contribution >= 0.6 is 0 Å². The molecular formula is C20H36NO+. The molecule has 0 heterocycles. The van der Waals surface area contributed by atoms with Gasteiger partial charge in [0.25, 0.3) is 0 Å². The molecule has 0 aliphatic carbocycles. The van der Waals surface area contributed by atoms with Crippen molar-refractivity contribution in [1.29, 1.82) is 0 Å². The summed E-state index contributed by atoms with van der Waals surface area (Å²) in [5.74, 6) is 0. The molecule has 0 amide bonds. The summed E-state index contributed by atoms with van der Waals surface area (Å²) in [4.78, 5) is 0. The van der Waals surface area contributed by atoms with Crippen LogP contribution in [0.2, 0.25) is 0 Å². The van der Waals surface area contributed by atoms with Gasteiger partial charge in [0.1, 0.15) is 6.54 Å². The van der Waals surface area contributed by atoms with E-state index in [-0.39, 0.29) is 0 Å². The van der Waals surface area contributed by atoms with E-state index in [1.807, 2.05) is 0 Å². The molecular weight excluding hydrogens is 270 g/mol. The highest BCUT2D eigenvalue weighted by molar-refractivity contribution is 5.13. The molecule has 1 aromatic carbocycles. The summed E-state index contributed by atoms with van der Waals surface area (Å²) >= 11 is 0. The lowest BCUT2D eigenvalue weighted by Crippen LogP contribution is -2.40. The molecule has 0 spiro atoms. The number of rotatable bonds is 13. The zero-order chi connectivity index (χ0) is 16.1. The van der Waals surface area contributed by atoms with Crippen LogP contribution in [0.25, 0.3) is 0 Å². The molecule has 0 bridgehead atoms. The standard InChI is InChI=1S/C20H36NO/c1-4-5-6-7-8-9-10-14-17-22-19-21(2,3)18-20-15-12-11-13-16-20/h11-13,15-16H,4-10,14,17-19H2,1-3H3/q+1. The van der Waals surface area contributed by atoms with Crippen molar-refractivity contribution in [3.05, 3.63) is 35.9 Å². The first-order chi connectivity index (χ1) is 10.6. The fraction of sp³-hybridized carbons (Fsp3) is 0.700. The highest BCUT2D eigenvalue weighted by atomic mass is 16.5. The van der Waals surface area contributed by atoms with Crippen LogP contribution in [0.4, 0.5) is 0 Å². The first-order valence-electron chi connectivity index (χ1n) is 9.08. The first-order valence-corrected chi connectivity index (χ1v) is 9.08. The van der Waals surface area contributed by atoms with Crippen LogP contribution in [0.3, 0.4) is 0 Å². The van der Waals surface area contributed by atoms with Gasteiger partial charge in [-0.1, -0.05) is 82.2 Å². The number of hydrogen-bond acceptors (Lipinski definition) is 1. The Labute approximate surface area is 138 Å². The van der Waals surface area contributed by atoms with Crippen molar-refractivity contribution in [2.75, 3.05) is 27.4 Å². The van der Waals surface area contributed by atoms with Gasteiger partial charge in [0, 0.05) is 5.56 Å². The highest BCUT2D eigenvalue weighted by Crippen LogP contribution is 2.10. The van der Waals surface area contributed by atoms with Crippen molar-refractivity contribution >= 4 is 0 Å². The Morgan fingerprint density at radius 1 is 0.818 bits per heavy atom. The molecule has 0 saturated carbocycles. The number of benzene rings is 1. The highest BCUT2D eigenvalue weighted by Gasteiger charge is 2.15. The summed E-state index contributed by atoms with van der Waals surface area (Å²) < 4.78 is 6.78. The molecule has 1 rings (SSSR count). The van der Waals surface area contributed by atoms with Crippen LogP contribution in [-0.2, 0) is 11.3 Å². The lowest BCUT2D eigenvalue weighted by molar-refractivity contribution is -0.922. The number of ether oxygens (including phenoxy) is 1. The summed E-state index contributed by atoms with van der Waals surface area (Å²) in [6, 6.07) is 10.7. The molecule has 2 nitrogen and oxygen atoms in total. The Kier molecular flexibility index (Phi) is 10.2. The van der Waals surface area contributed by atoms with E-state index in [0.717, 1.165) is 24.4 Å². The van der Waals surface area contributed by atoms with Gasteiger partial charge in [-0.05, 0) is 6.42 Å². The maximum Gasteiger partial charge on any atom is 0.182 e. The molecule has 0 fully saturated rings. The lowest BCUT2D eigenvalue weighted by atomic mass is 10.1. The summed E-state index contributed by atoms with van der Waals surface area (Å²) in [5, 5.41) is 0. The molecule has 0 N–H and O–H groups in total. The molecule has 126 valence electrons. The fourth-order valence-corrected chi connectivity index (χ4v) is 2.77. The zero-order valence-electron chi connectivity index (χ0n) is 15.0. The quantitative estimate of drug-likeness (QED) is 0.270. The average Bonchev–Trinajstić information content (AvgIpc) is 2.49. The third-order valence-electron chi connectivity index (χ3n) is 4.04. The van der Waals surface area contributed by atoms with Crippen LogP contribution in [0.5, 0.6) is 0 Å². The van der Waals surface area contributed by atoms with Gasteiger partial charge >= 0.3 is 0 Å². The van der Waals surface area contributed by atoms with Gasteiger partial charge in [0.2, 0.25) is 0 Å². The Morgan fingerprint density at radius 3 is 2.05 bits per heavy atom. The maximum absolute atomic E-state index is 5.89. The minimum absolute atomic E-state index is 0.797. The van der Waals surface area contributed by atoms with E-state index >= 15 is 0 Å². The molecule has 0 radical (unpaired) electrons. The zero-order valence-corrected chi connectivity index (χ0v) is 15.0. The molecule has 2 heteroatoms. The topological polar surface area (TPSA) is 9.23 Å². The van der Waals surface area contributed by atoms with Crippen molar-refractivity contribution in [2.45, 2.75) is 64.8 Å². The smallest absolute Gasteiger partial charge is 0.182 e. The van der Waals surface area contributed by atoms with Gasteiger partial charge in [0.15, 0.2) is 6.73 Å². The third-order valence-corrected chi connectivity index (χ3v) is 4.04. The third kappa shape index (κ3) is 9.97. The molecule has 0 atom stereocenters. The maximum atomic E-state index is 5.89. The van der Waals surface area contributed by atoms with E-state index in [2.05, 4.69) is 51.4 Å². The minimum Gasteiger partial charge on any atom is -0.332 e. The molecule has 0 aliphatic rings. The second-order valence-electron chi connectivity index (χ2n) is 7.09. The Morgan fingerprint density at radius 2 is 1.41 bits per heavy atom. The Hall–Kier alpha value is -0.860. The summed E-state index contributed by atoms with van der Waals surface area (Å²) in [6.07, 6.45) is 10.9. The Bertz CT molecular complexity index is 361. The van der Waals surface area contributed by atoms with E-state index in [0.29, 0.717) is 0 Å². The molecule has 0 saturated heterocycles. The number of quaternary nitrogens is 1. The van der Waals surface area contributed by atoms with Crippen LogP contribution in [0.1, 0.15) is 63.9 Å². The normalized spacial score (nSPS) is 11.8. The second-order valence-corrected chi connectivity index (χ2v) is 7.09. The predicted octanol–water partition coefficient (Wildman–Crippen LogP) is 5.38. The second kappa shape index (κ2) is 11.7. The minimum atomic E-state index is 0.797. The number of nitrogens with zero attached hydrogens (tertiary/aromatic N) is 1. The van der Waals surface area contributed by atoms with Crippen LogP contribution in [0.15, 0.2) is 30.3 Å². The van der Waals surface area contributed by atoms with Gasteiger partial charge < -0.3 is 9.22 Å². The molecule has 22 heavy (non-hydrogen) atoms. The summed E-state index contributed by atoms with van der Waals surface area (Å²) in [5.41, 5.74) is 1.38. The van der Waals surface area contributed by atoms with Crippen LogP contribution in [0, 0.1) is 0 Å². The number of hydrogen-bond donors (Lipinski definition) is 0. The lowest BCUT2D eigenvalue weighted by Gasteiger charge is -2.29. The van der Waals surface area contributed by atoms with Crippen molar-refractivity contribution in [1.82, 2.24) is 0 Å². The van der Waals surface area contributed by atoms with E-state index in [4.69, 9.17) is 4.74 Å². The molecule has 1 aromatic rings. The summed E-state index contributed by atoms with van der Waals surface area (Å²) in [6.45, 7) is 5.00. The SMILES string of the molecule is CCCCCCCCCCOC[N+](C)(C)Cc1ccccc1. The van der Waals surface area contributed by atoms with Gasteiger partial charge in [0.05, 0.1) is 20.7 Å². The fourth-order valence-electron chi connectivity index (χ4n) is 2.77. The molecule has 0 aliphatic heterocycles. The van der Waals surface area contributed by atoms with E-state index in [9.17, 15) is 0 Å². The van der Waals surface area contributed by atoms with E-state index < -0.39 is 0 Å². The monoisotopic (exact) mass is 306 g/mol. The van der Waals surface area contributed by atoms with Gasteiger partial charge in [-0.3, -0.25) is 0 Å². The van der Waals surface area contributed by atoms with Gasteiger partial charge in [-0.2, -0.15) is 0 Å². The first kappa shape index (κ1) is 19.2. The summed E-state index contributed by atoms with van der Waals surface area (Å²) in [7, 11) is 4.47. The van der Waals surface area contributed by atoms with Crippen molar-refractivity contribution in [2.24, 2.45) is 0 Å². The largest absolute Gasteiger partial charge is 0.332 e. The van der Waals surface area contributed by atoms with Crippen LogP contribution < -0.4 is 0 Å². The average molecular weight is 307 g/mol. The van der Waals surface area contributed by atoms with E-state index in [1.54, 1.807) is 0 Å². The van der Waals surface area contributed by atoms with Crippen molar-refractivity contribution in [3.63, 3.8) is 0 Å². The Balaban J connectivity index is 1.99. The van der Waals surface area contributed by atoms with E-state index in [1.165, 1.54) is 56.9 Å². The number of unbranched alkanes of at least 4 members (excludes halogenated alkanes) is 7. The van der Waals surface area contributed by atoms with Crippen molar-refractivity contribution < 1.29 is 9.22 Å². The molecule has 0 unspecified atom stereocenters. The van der Waals surface area contributed by atoms with Crippen molar-refractivity contribution in [3.8, 4) is 0 Å².